The molecule has 4 heteroatoms. The lowest BCUT2D eigenvalue weighted by Crippen LogP contribution is -2.21. The molecule has 0 radical (unpaired) electrons. The summed E-state index contributed by atoms with van der Waals surface area (Å²) in [7, 11) is 3.11. The summed E-state index contributed by atoms with van der Waals surface area (Å²) >= 11 is 0. The number of aliphatic hydroxyl groups is 1. The molecule has 78 valence electrons. The molecule has 0 aliphatic rings. The van der Waals surface area contributed by atoms with Gasteiger partial charge in [0, 0.05) is 14.2 Å². The van der Waals surface area contributed by atoms with Crippen molar-refractivity contribution in [3.8, 4) is 0 Å². The van der Waals surface area contributed by atoms with Crippen LogP contribution in [0.3, 0.4) is 0 Å². The molecule has 0 saturated heterocycles. The van der Waals surface area contributed by atoms with Crippen LogP contribution >= 0.6 is 0 Å². The third-order valence-electron chi connectivity index (χ3n) is 1.09. The second kappa shape index (κ2) is 11.3. The molecule has 4 nitrogen and oxygen atoms in total. The van der Waals surface area contributed by atoms with E-state index in [0.717, 1.165) is 6.29 Å². The Bertz CT molecular complexity index is 130. The number of aldehydes is 1. The van der Waals surface area contributed by atoms with Crippen LogP contribution in [0.25, 0.3) is 0 Å². The second-order valence-electron chi connectivity index (χ2n) is 2.46. The highest BCUT2D eigenvalue weighted by atomic mass is 16.5. The van der Waals surface area contributed by atoms with Gasteiger partial charge in [-0.3, -0.25) is 4.79 Å². The molecular formula is C9H18O4. The van der Waals surface area contributed by atoms with E-state index in [2.05, 4.69) is 6.58 Å². The van der Waals surface area contributed by atoms with Crippen LogP contribution in [0.5, 0.6) is 0 Å². The Balaban J connectivity index is 0. The number of allylic oxidation sites excluding steroid dienone is 1. The molecule has 0 aliphatic carbocycles. The molecule has 1 unspecified atom stereocenters. The first-order valence-corrected chi connectivity index (χ1v) is 3.85. The quantitative estimate of drug-likeness (QED) is 0.503. The van der Waals surface area contributed by atoms with Gasteiger partial charge in [0.1, 0.15) is 12.4 Å². The second-order valence-corrected chi connectivity index (χ2v) is 2.46. The van der Waals surface area contributed by atoms with E-state index in [1.165, 1.54) is 0 Å². The van der Waals surface area contributed by atoms with Crippen molar-refractivity contribution in [3.05, 3.63) is 12.2 Å². The van der Waals surface area contributed by atoms with E-state index < -0.39 is 0 Å². The van der Waals surface area contributed by atoms with Crippen molar-refractivity contribution in [1.29, 1.82) is 0 Å². The molecule has 0 heterocycles. The number of ether oxygens (including phenoxy) is 2. The van der Waals surface area contributed by atoms with Crippen LogP contribution in [0.1, 0.15) is 6.92 Å². The molecule has 0 spiro atoms. The zero-order chi connectivity index (χ0) is 10.7. The van der Waals surface area contributed by atoms with Crippen molar-refractivity contribution < 1.29 is 19.4 Å². The normalized spacial score (nSPS) is 11.1. The Morgan fingerprint density at radius 1 is 1.62 bits per heavy atom. The summed E-state index contributed by atoms with van der Waals surface area (Å²) in [4.78, 5) is 9.41. The van der Waals surface area contributed by atoms with Gasteiger partial charge in [0.15, 0.2) is 0 Å². The molecule has 13 heavy (non-hydrogen) atoms. The summed E-state index contributed by atoms with van der Waals surface area (Å²) in [6.45, 7) is 5.43. The van der Waals surface area contributed by atoms with Crippen molar-refractivity contribution in [2.75, 3.05) is 27.4 Å². The average molecular weight is 190 g/mol. The molecule has 0 aromatic rings. The topological polar surface area (TPSA) is 55.8 Å². The summed E-state index contributed by atoms with van der Waals surface area (Å²) in [5.41, 5.74) is 0.574. The van der Waals surface area contributed by atoms with Crippen LogP contribution in [0.15, 0.2) is 12.2 Å². The van der Waals surface area contributed by atoms with Crippen molar-refractivity contribution in [3.63, 3.8) is 0 Å². The van der Waals surface area contributed by atoms with E-state index in [0.29, 0.717) is 12.2 Å². The van der Waals surface area contributed by atoms with Gasteiger partial charge in [-0.15, -0.1) is 0 Å². The van der Waals surface area contributed by atoms with Gasteiger partial charge in [0.25, 0.3) is 0 Å². The number of carbonyl (C=O) groups is 1. The third-order valence-corrected chi connectivity index (χ3v) is 1.09. The maximum atomic E-state index is 9.41. The number of aliphatic hydroxyl groups excluding tert-OH is 1. The first-order chi connectivity index (χ1) is 6.12. The predicted octanol–water partition coefficient (Wildman–Crippen LogP) is 0.401. The molecule has 0 aromatic heterocycles. The van der Waals surface area contributed by atoms with Gasteiger partial charge in [-0.2, -0.15) is 0 Å². The van der Waals surface area contributed by atoms with Crippen molar-refractivity contribution >= 4 is 6.29 Å². The molecule has 1 atom stereocenters. The van der Waals surface area contributed by atoms with E-state index in [-0.39, 0.29) is 12.7 Å². The number of hydrogen-bond acceptors (Lipinski definition) is 4. The van der Waals surface area contributed by atoms with E-state index in [1.54, 1.807) is 21.1 Å². The van der Waals surface area contributed by atoms with Crippen molar-refractivity contribution in [1.82, 2.24) is 0 Å². The Kier molecular flexibility index (Phi) is 12.8. The van der Waals surface area contributed by atoms with Gasteiger partial charge in [-0.25, -0.2) is 0 Å². The van der Waals surface area contributed by atoms with E-state index in [1.807, 2.05) is 0 Å². The van der Waals surface area contributed by atoms with E-state index in [9.17, 15) is 4.79 Å². The SMILES string of the molecule is C=C(C)C=O.COCC(CO)OC. The Morgan fingerprint density at radius 2 is 2.08 bits per heavy atom. The van der Waals surface area contributed by atoms with Crippen LogP contribution < -0.4 is 0 Å². The molecule has 0 fully saturated rings. The highest BCUT2D eigenvalue weighted by Crippen LogP contribution is 1.86. The largest absolute Gasteiger partial charge is 0.394 e. The number of hydrogen-bond donors (Lipinski definition) is 1. The molecule has 0 aromatic carbocycles. The van der Waals surface area contributed by atoms with Gasteiger partial charge in [0.2, 0.25) is 0 Å². The van der Waals surface area contributed by atoms with E-state index in [4.69, 9.17) is 14.6 Å². The molecule has 1 N–H and O–H groups in total. The lowest BCUT2D eigenvalue weighted by Gasteiger charge is -2.08. The fraction of sp³-hybridized carbons (Fsp3) is 0.667. The fourth-order valence-electron chi connectivity index (χ4n) is 0.381. The Labute approximate surface area is 79.2 Å². The summed E-state index contributed by atoms with van der Waals surface area (Å²) in [5, 5.41) is 8.45. The maximum absolute atomic E-state index is 9.41. The lowest BCUT2D eigenvalue weighted by molar-refractivity contribution is -0.104. The molecule has 0 aliphatic heterocycles. The monoisotopic (exact) mass is 190 g/mol. The van der Waals surface area contributed by atoms with Gasteiger partial charge >= 0.3 is 0 Å². The third kappa shape index (κ3) is 14.2. The first-order valence-electron chi connectivity index (χ1n) is 3.85. The average Bonchev–Trinajstić information content (AvgIpc) is 2.15. The number of rotatable bonds is 5. The number of methoxy groups -OCH3 is 2. The smallest absolute Gasteiger partial charge is 0.145 e. The summed E-state index contributed by atoms with van der Waals surface area (Å²) in [6.07, 6.45) is 0.556. The van der Waals surface area contributed by atoms with E-state index >= 15 is 0 Å². The van der Waals surface area contributed by atoms with Crippen LogP contribution in [-0.2, 0) is 14.3 Å². The lowest BCUT2D eigenvalue weighted by atomic mass is 10.4. The summed E-state index contributed by atoms with van der Waals surface area (Å²) < 4.78 is 9.47. The molecule has 0 amide bonds. The van der Waals surface area contributed by atoms with Crippen molar-refractivity contribution in [2.24, 2.45) is 0 Å². The molecule has 0 saturated carbocycles. The van der Waals surface area contributed by atoms with Crippen LogP contribution in [0.4, 0.5) is 0 Å². The minimum absolute atomic E-state index is 0.0182. The van der Waals surface area contributed by atoms with Crippen LogP contribution in [0, 0.1) is 0 Å². The fourth-order valence-corrected chi connectivity index (χ4v) is 0.381. The summed E-state index contributed by atoms with van der Waals surface area (Å²) in [5.74, 6) is 0. The number of carbonyl (C=O) groups excluding carboxylic acids is 1. The highest BCUT2D eigenvalue weighted by molar-refractivity contribution is 5.70. The Morgan fingerprint density at radius 3 is 2.15 bits per heavy atom. The van der Waals surface area contributed by atoms with Gasteiger partial charge < -0.3 is 14.6 Å². The molecular weight excluding hydrogens is 172 g/mol. The van der Waals surface area contributed by atoms with Gasteiger partial charge in [-0.1, -0.05) is 6.58 Å². The highest BCUT2D eigenvalue weighted by Gasteiger charge is 2.01. The minimum atomic E-state index is -0.167. The van der Waals surface area contributed by atoms with Crippen molar-refractivity contribution in [2.45, 2.75) is 13.0 Å². The van der Waals surface area contributed by atoms with Crippen LogP contribution in [0.2, 0.25) is 0 Å². The van der Waals surface area contributed by atoms with Gasteiger partial charge in [-0.05, 0) is 12.5 Å². The maximum Gasteiger partial charge on any atom is 0.145 e. The first kappa shape index (κ1) is 14.8. The Hall–Kier alpha value is -0.710. The molecule has 0 rings (SSSR count). The van der Waals surface area contributed by atoms with Crippen LogP contribution in [-0.4, -0.2) is 44.9 Å². The standard InChI is InChI=1S/C5H12O3.C4H6O/c1-7-4-5(3-6)8-2;1-4(2)3-5/h5-6H,3-4H2,1-2H3;3H,1H2,2H3. The minimum Gasteiger partial charge on any atom is -0.394 e. The predicted molar refractivity (Wildman–Crippen MR) is 50.6 cm³/mol. The zero-order valence-electron chi connectivity index (χ0n) is 8.45. The summed E-state index contributed by atoms with van der Waals surface area (Å²) in [6, 6.07) is 0. The molecule has 0 bridgehead atoms. The van der Waals surface area contributed by atoms with Gasteiger partial charge in [0.05, 0.1) is 13.2 Å². The zero-order valence-corrected chi connectivity index (χ0v) is 8.45.